The molecule has 0 bridgehead atoms. The van der Waals surface area contributed by atoms with Gasteiger partial charge in [-0.15, -0.1) is 0 Å². The lowest BCUT2D eigenvalue weighted by Gasteiger charge is -2.30. The van der Waals surface area contributed by atoms with Crippen LogP contribution in [0.2, 0.25) is 0 Å². The average Bonchev–Trinajstić information content (AvgIpc) is 3.72. The number of aromatic amines is 1. The molecule has 7 heteroatoms. The minimum atomic E-state index is -0.939. The Morgan fingerprint density at radius 2 is 1.97 bits per heavy atom. The van der Waals surface area contributed by atoms with E-state index in [0.717, 1.165) is 101 Å². The number of aryl methyl sites for hydroxylation is 1. The van der Waals surface area contributed by atoms with Gasteiger partial charge in [0.05, 0.1) is 22.9 Å². The van der Waals surface area contributed by atoms with E-state index in [1.807, 2.05) is 18.3 Å². The monoisotopic (exact) mass is 517 g/mol. The van der Waals surface area contributed by atoms with Crippen LogP contribution in [0, 0.1) is 12.8 Å². The van der Waals surface area contributed by atoms with E-state index in [1.54, 1.807) is 0 Å². The third-order valence-corrected chi connectivity index (χ3v) is 9.55. The van der Waals surface area contributed by atoms with E-state index in [1.165, 1.54) is 0 Å². The minimum absolute atomic E-state index is 0.310. The highest BCUT2D eigenvalue weighted by atomic mass is 32.2. The highest BCUT2D eigenvalue weighted by molar-refractivity contribution is 7.86. The zero-order valence-electron chi connectivity index (χ0n) is 21.4. The summed E-state index contributed by atoms with van der Waals surface area (Å²) < 4.78 is 19.2. The van der Waals surface area contributed by atoms with Gasteiger partial charge in [0.25, 0.3) is 0 Å². The van der Waals surface area contributed by atoms with Gasteiger partial charge in [-0.2, -0.15) is 0 Å². The molecule has 1 aliphatic heterocycles. The van der Waals surface area contributed by atoms with E-state index in [9.17, 15) is 9.32 Å². The molecule has 2 aromatic heterocycles. The molecule has 1 saturated heterocycles. The lowest BCUT2D eigenvalue weighted by Crippen LogP contribution is -2.35. The molecule has 1 aliphatic carbocycles. The van der Waals surface area contributed by atoms with Crippen LogP contribution in [0.3, 0.4) is 0 Å². The first-order valence-corrected chi connectivity index (χ1v) is 14.7. The number of benzene rings is 2. The number of likely N-dealkylation sites (tertiary alicyclic amines) is 1. The number of rotatable bonds is 9. The van der Waals surface area contributed by atoms with E-state index in [2.05, 4.69) is 52.1 Å². The number of H-pyrrole nitrogens is 1. The molecule has 2 aromatic carbocycles. The predicted octanol–water partition coefficient (Wildman–Crippen LogP) is 5.43. The van der Waals surface area contributed by atoms with Gasteiger partial charge in [0.1, 0.15) is 11.4 Å². The summed E-state index contributed by atoms with van der Waals surface area (Å²) in [5.41, 5.74) is 5.09. The molecule has 3 heterocycles. The van der Waals surface area contributed by atoms with Gasteiger partial charge in [0.2, 0.25) is 0 Å². The van der Waals surface area contributed by atoms with E-state index >= 15 is 0 Å². The third kappa shape index (κ3) is 5.17. The lowest BCUT2D eigenvalue weighted by molar-refractivity contribution is 0.126. The maximum Gasteiger partial charge on any atom is 0.143 e. The Bertz CT molecular complexity index is 1440. The quantitative estimate of drug-likeness (QED) is 0.289. The van der Waals surface area contributed by atoms with Gasteiger partial charge in [-0.25, -0.2) is 4.98 Å². The van der Waals surface area contributed by atoms with Gasteiger partial charge in [-0.3, -0.25) is 4.21 Å². The molecule has 194 valence electrons. The normalized spacial score (nSPS) is 18.0. The Balaban J connectivity index is 1.27. The van der Waals surface area contributed by atoms with Crippen molar-refractivity contribution < 1.29 is 14.1 Å². The van der Waals surface area contributed by atoms with Crippen molar-refractivity contribution in [2.75, 3.05) is 32.8 Å². The number of nitrogens with zero attached hydrogens (tertiary/aromatic N) is 2. The van der Waals surface area contributed by atoms with Crippen LogP contribution in [-0.2, 0) is 10.8 Å². The molecule has 0 radical (unpaired) electrons. The van der Waals surface area contributed by atoms with Crippen LogP contribution < -0.4 is 4.74 Å². The predicted molar refractivity (Wildman–Crippen MR) is 150 cm³/mol. The third-order valence-electron chi connectivity index (χ3n) is 7.75. The molecule has 1 saturated carbocycles. The molecule has 1 unspecified atom stereocenters. The molecule has 6 rings (SSSR count). The fourth-order valence-corrected chi connectivity index (χ4v) is 6.86. The summed E-state index contributed by atoms with van der Waals surface area (Å²) in [4.78, 5) is 11.6. The van der Waals surface area contributed by atoms with Crippen LogP contribution in [0.5, 0.6) is 5.75 Å². The van der Waals surface area contributed by atoms with E-state index in [-0.39, 0.29) is 0 Å². The number of fused-ring (bicyclic) bond motifs is 3. The smallest absolute Gasteiger partial charge is 0.143 e. The lowest BCUT2D eigenvalue weighted by atomic mass is 9.98. The van der Waals surface area contributed by atoms with Crippen molar-refractivity contribution in [1.82, 2.24) is 14.9 Å². The summed E-state index contributed by atoms with van der Waals surface area (Å²) >= 11 is 0. The van der Waals surface area contributed by atoms with Crippen LogP contribution in [0.1, 0.15) is 37.7 Å². The average molecular weight is 518 g/mol. The molecule has 0 spiro atoms. The molecule has 2 aliphatic rings. The molecular formula is C30H35N3O3S. The highest BCUT2D eigenvalue weighted by Gasteiger charge is 2.29. The van der Waals surface area contributed by atoms with Crippen LogP contribution >= 0.6 is 0 Å². The maximum atomic E-state index is 12.9. The van der Waals surface area contributed by atoms with Gasteiger partial charge in [-0.1, -0.05) is 12.1 Å². The van der Waals surface area contributed by atoms with Crippen molar-refractivity contribution in [2.45, 2.75) is 49.2 Å². The second-order valence-electron chi connectivity index (χ2n) is 10.6. The van der Waals surface area contributed by atoms with Gasteiger partial charge in [0.15, 0.2) is 0 Å². The minimum Gasteiger partial charge on any atom is -0.491 e. The molecule has 1 atom stereocenters. The number of piperidine rings is 1. The second kappa shape index (κ2) is 10.6. The summed E-state index contributed by atoms with van der Waals surface area (Å²) in [6.07, 6.45) is 7.12. The molecule has 0 amide bonds. The Hall–Kier alpha value is -2.74. The van der Waals surface area contributed by atoms with Crippen LogP contribution in [-0.4, -0.2) is 62.3 Å². The zero-order valence-corrected chi connectivity index (χ0v) is 22.2. The summed E-state index contributed by atoms with van der Waals surface area (Å²) in [5.74, 6) is 1.30. The Kier molecular flexibility index (Phi) is 7.02. The second-order valence-corrected chi connectivity index (χ2v) is 12.3. The Morgan fingerprint density at radius 3 is 2.76 bits per heavy atom. The number of pyridine rings is 1. The fraction of sp³-hybridized carbons (Fsp3) is 0.433. The number of hydrogen-bond donors (Lipinski definition) is 2. The number of nitrogens with one attached hydrogen (secondary N) is 1. The van der Waals surface area contributed by atoms with Crippen LogP contribution in [0.15, 0.2) is 53.6 Å². The molecule has 4 aromatic rings. The summed E-state index contributed by atoms with van der Waals surface area (Å²) in [6, 6.07) is 14.6. The number of aliphatic hydroxyl groups is 1. The first-order valence-electron chi connectivity index (χ1n) is 13.5. The topological polar surface area (TPSA) is 78.4 Å². The first-order chi connectivity index (χ1) is 18.1. The van der Waals surface area contributed by atoms with Gasteiger partial charge < -0.3 is 19.7 Å². The summed E-state index contributed by atoms with van der Waals surface area (Å²) in [5, 5.41) is 11.9. The van der Waals surface area contributed by atoms with Crippen LogP contribution in [0.25, 0.3) is 33.1 Å². The Labute approximate surface area is 220 Å². The number of aromatic nitrogens is 2. The maximum absolute atomic E-state index is 12.9. The Morgan fingerprint density at radius 1 is 1.14 bits per heavy atom. The number of ether oxygens (including phenoxy) is 1. The van der Waals surface area contributed by atoms with E-state index < -0.39 is 10.8 Å². The van der Waals surface area contributed by atoms with Crippen LogP contribution in [0.4, 0.5) is 0 Å². The molecule has 37 heavy (non-hydrogen) atoms. The highest BCUT2D eigenvalue weighted by Crippen LogP contribution is 2.40. The van der Waals surface area contributed by atoms with E-state index in [0.29, 0.717) is 24.4 Å². The first kappa shape index (κ1) is 24.6. The van der Waals surface area contributed by atoms with Crippen molar-refractivity contribution in [1.29, 1.82) is 0 Å². The van der Waals surface area contributed by atoms with Crippen molar-refractivity contribution in [2.24, 2.45) is 5.92 Å². The number of aliphatic hydroxyl groups excluding tert-OH is 1. The fourth-order valence-electron chi connectivity index (χ4n) is 5.45. The largest absolute Gasteiger partial charge is 0.491 e. The molecule has 6 nitrogen and oxygen atoms in total. The van der Waals surface area contributed by atoms with Gasteiger partial charge in [0, 0.05) is 40.3 Å². The molecular weight excluding hydrogens is 482 g/mol. The van der Waals surface area contributed by atoms with Crippen molar-refractivity contribution in [3.05, 3.63) is 54.2 Å². The summed E-state index contributed by atoms with van der Waals surface area (Å²) in [7, 11) is -0.939. The standard InChI is InChI=1S/C30H35N3O3S/c1-20-16-26-28-25(22-4-2-5-24(17-22)37(35)23-6-7-23)8-9-27(29(28)32-30(26)31-18-20)36-15-3-12-33-13-10-21(19-34)11-14-33/h2,4-5,8-9,16-18,21,23,34H,3,6-7,10-15,19H2,1H3,(H,31,32). The van der Waals surface area contributed by atoms with Gasteiger partial charge >= 0.3 is 0 Å². The molecule has 2 N–H and O–H groups in total. The van der Waals surface area contributed by atoms with Crippen molar-refractivity contribution in [3.8, 4) is 16.9 Å². The SMILES string of the molecule is Cc1cnc2[nH]c3c(OCCCN4CCC(CO)CC4)ccc(-c4cccc(S(=O)C5CC5)c4)c3c2c1. The van der Waals surface area contributed by atoms with Crippen molar-refractivity contribution in [3.63, 3.8) is 0 Å². The summed E-state index contributed by atoms with van der Waals surface area (Å²) in [6.45, 7) is 6.14. The van der Waals surface area contributed by atoms with Gasteiger partial charge in [-0.05, 0) is 105 Å². The van der Waals surface area contributed by atoms with Crippen molar-refractivity contribution >= 4 is 32.7 Å². The number of hydrogen-bond acceptors (Lipinski definition) is 5. The molecule has 2 fully saturated rings. The van der Waals surface area contributed by atoms with E-state index in [4.69, 9.17) is 4.74 Å². The zero-order chi connectivity index (χ0) is 25.4.